The Hall–Kier alpha value is -1.68. The summed E-state index contributed by atoms with van der Waals surface area (Å²) in [6.45, 7) is 4.26. The lowest BCUT2D eigenvalue weighted by Gasteiger charge is -2.26. The summed E-state index contributed by atoms with van der Waals surface area (Å²) >= 11 is 0. The summed E-state index contributed by atoms with van der Waals surface area (Å²) in [6, 6.07) is 4.13. The van der Waals surface area contributed by atoms with Gasteiger partial charge in [0.25, 0.3) is 5.91 Å². The predicted molar refractivity (Wildman–Crippen MR) is 84.0 cm³/mol. The normalized spacial score (nSPS) is 16.1. The van der Waals surface area contributed by atoms with E-state index >= 15 is 0 Å². The summed E-state index contributed by atoms with van der Waals surface area (Å²) in [5.74, 6) is -0.247. The summed E-state index contributed by atoms with van der Waals surface area (Å²) in [7, 11) is -2.63. The summed E-state index contributed by atoms with van der Waals surface area (Å²) in [6.07, 6.45) is 0. The van der Waals surface area contributed by atoms with Crippen molar-refractivity contribution in [3.8, 4) is 5.75 Å². The molecule has 0 saturated carbocycles. The molecular formula is C14H21N3O5S. The number of carbonyl (C=O) groups excluding carboxylic acids is 1. The second kappa shape index (κ2) is 7.73. The van der Waals surface area contributed by atoms with Crippen molar-refractivity contribution < 1.29 is 22.7 Å². The maximum Gasteiger partial charge on any atom is 0.251 e. The topological polar surface area (TPSA) is 111 Å². The van der Waals surface area contributed by atoms with Crippen molar-refractivity contribution in [2.45, 2.75) is 4.90 Å². The number of nitrogens with one attached hydrogen (secondary N) is 1. The Morgan fingerprint density at radius 3 is 2.70 bits per heavy atom. The molecule has 0 spiro atoms. The first-order chi connectivity index (χ1) is 10.9. The molecule has 1 amide bonds. The van der Waals surface area contributed by atoms with Gasteiger partial charge in [-0.15, -0.1) is 0 Å². The smallest absolute Gasteiger partial charge is 0.251 e. The molecule has 1 saturated heterocycles. The molecule has 9 heteroatoms. The van der Waals surface area contributed by atoms with Gasteiger partial charge in [0.15, 0.2) is 0 Å². The van der Waals surface area contributed by atoms with E-state index in [1.54, 1.807) is 0 Å². The van der Waals surface area contributed by atoms with E-state index < -0.39 is 10.0 Å². The zero-order valence-corrected chi connectivity index (χ0v) is 13.8. The van der Waals surface area contributed by atoms with Gasteiger partial charge in [-0.2, -0.15) is 0 Å². The monoisotopic (exact) mass is 343 g/mol. The van der Waals surface area contributed by atoms with Crippen LogP contribution >= 0.6 is 0 Å². The third kappa shape index (κ3) is 4.90. The van der Waals surface area contributed by atoms with Crippen LogP contribution in [0.3, 0.4) is 0 Å². The van der Waals surface area contributed by atoms with Crippen LogP contribution in [0.15, 0.2) is 23.1 Å². The molecule has 0 unspecified atom stereocenters. The molecule has 0 aliphatic carbocycles. The molecule has 128 valence electrons. The fourth-order valence-electron chi connectivity index (χ4n) is 2.29. The Balaban J connectivity index is 1.99. The first-order valence-electron chi connectivity index (χ1n) is 7.21. The van der Waals surface area contributed by atoms with E-state index in [0.29, 0.717) is 26.3 Å². The maximum absolute atomic E-state index is 12.1. The van der Waals surface area contributed by atoms with E-state index in [2.05, 4.69) is 10.2 Å². The average molecular weight is 343 g/mol. The fraction of sp³-hybridized carbons (Fsp3) is 0.500. The van der Waals surface area contributed by atoms with Crippen molar-refractivity contribution in [2.24, 2.45) is 5.14 Å². The molecule has 0 atom stereocenters. The van der Waals surface area contributed by atoms with Gasteiger partial charge in [0.05, 0.1) is 20.3 Å². The lowest BCUT2D eigenvalue weighted by Crippen LogP contribution is -2.41. The SMILES string of the molecule is COc1ccc(C(=O)NCCN2CCOCC2)cc1S(N)(=O)=O. The summed E-state index contributed by atoms with van der Waals surface area (Å²) in [4.78, 5) is 14.1. The highest BCUT2D eigenvalue weighted by molar-refractivity contribution is 7.89. The Kier molecular flexibility index (Phi) is 5.94. The standard InChI is InChI=1S/C14H21N3O5S/c1-21-12-3-2-11(10-13(12)23(15,19)20)14(18)16-4-5-17-6-8-22-9-7-17/h2-3,10H,4-9H2,1H3,(H,16,18)(H2,15,19,20). The van der Waals surface area contributed by atoms with Crippen molar-refractivity contribution in [1.29, 1.82) is 0 Å². The van der Waals surface area contributed by atoms with E-state index in [9.17, 15) is 13.2 Å². The minimum Gasteiger partial charge on any atom is -0.495 e. The molecule has 2 rings (SSSR count). The molecule has 23 heavy (non-hydrogen) atoms. The molecule has 1 aromatic carbocycles. The summed E-state index contributed by atoms with van der Waals surface area (Å²) in [5, 5.41) is 7.91. The fourth-order valence-corrected chi connectivity index (χ4v) is 3.02. The van der Waals surface area contributed by atoms with Crippen LogP contribution in [0.1, 0.15) is 10.4 Å². The zero-order valence-electron chi connectivity index (χ0n) is 12.9. The number of hydrogen-bond acceptors (Lipinski definition) is 6. The number of nitrogens with two attached hydrogens (primary N) is 1. The molecule has 1 aliphatic heterocycles. The largest absolute Gasteiger partial charge is 0.495 e. The molecule has 0 bridgehead atoms. The quantitative estimate of drug-likeness (QED) is 0.714. The van der Waals surface area contributed by atoms with E-state index in [1.807, 2.05) is 0 Å². The molecular weight excluding hydrogens is 322 g/mol. The Labute approximate surface area is 135 Å². The third-order valence-electron chi connectivity index (χ3n) is 3.55. The summed E-state index contributed by atoms with van der Waals surface area (Å²) in [5.41, 5.74) is 0.219. The zero-order chi connectivity index (χ0) is 16.9. The molecule has 1 aromatic rings. The number of ether oxygens (including phenoxy) is 2. The molecule has 1 fully saturated rings. The van der Waals surface area contributed by atoms with Crippen molar-refractivity contribution >= 4 is 15.9 Å². The lowest BCUT2D eigenvalue weighted by atomic mass is 10.2. The predicted octanol–water partition coefficient (Wildman–Crippen LogP) is -0.595. The van der Waals surface area contributed by atoms with Crippen molar-refractivity contribution in [2.75, 3.05) is 46.5 Å². The van der Waals surface area contributed by atoms with Gasteiger partial charge >= 0.3 is 0 Å². The van der Waals surface area contributed by atoms with Crippen LogP contribution in [0.4, 0.5) is 0 Å². The minimum atomic E-state index is -3.97. The van der Waals surface area contributed by atoms with Crippen molar-refractivity contribution in [3.05, 3.63) is 23.8 Å². The Morgan fingerprint density at radius 2 is 2.09 bits per heavy atom. The molecule has 1 aliphatic rings. The van der Waals surface area contributed by atoms with Crippen LogP contribution in [-0.2, 0) is 14.8 Å². The van der Waals surface area contributed by atoms with Gasteiger partial charge in [-0.25, -0.2) is 13.6 Å². The number of rotatable bonds is 6. The van der Waals surface area contributed by atoms with Crippen LogP contribution < -0.4 is 15.2 Å². The van der Waals surface area contributed by atoms with E-state index in [-0.39, 0.29) is 22.1 Å². The Bertz CT molecular complexity index is 656. The number of nitrogens with zero attached hydrogens (tertiary/aromatic N) is 1. The van der Waals surface area contributed by atoms with Crippen LogP contribution in [0.2, 0.25) is 0 Å². The average Bonchev–Trinajstić information content (AvgIpc) is 2.54. The minimum absolute atomic E-state index is 0.109. The van der Waals surface area contributed by atoms with Gasteiger partial charge in [0.2, 0.25) is 10.0 Å². The molecule has 1 heterocycles. The van der Waals surface area contributed by atoms with Crippen LogP contribution in [0.5, 0.6) is 5.75 Å². The summed E-state index contributed by atoms with van der Waals surface area (Å²) < 4.78 is 33.3. The highest BCUT2D eigenvalue weighted by Gasteiger charge is 2.18. The number of amides is 1. The second-order valence-corrected chi connectivity index (χ2v) is 6.65. The van der Waals surface area contributed by atoms with Crippen LogP contribution in [-0.4, -0.2) is 65.7 Å². The van der Waals surface area contributed by atoms with E-state index in [4.69, 9.17) is 14.6 Å². The van der Waals surface area contributed by atoms with Gasteiger partial charge in [0.1, 0.15) is 10.6 Å². The van der Waals surface area contributed by atoms with E-state index in [1.165, 1.54) is 25.3 Å². The van der Waals surface area contributed by atoms with Gasteiger partial charge in [-0.1, -0.05) is 0 Å². The number of primary sulfonamides is 1. The highest BCUT2D eigenvalue weighted by Crippen LogP contribution is 2.23. The number of morpholine rings is 1. The Morgan fingerprint density at radius 1 is 1.39 bits per heavy atom. The number of sulfonamides is 1. The van der Waals surface area contributed by atoms with Crippen molar-refractivity contribution in [3.63, 3.8) is 0 Å². The highest BCUT2D eigenvalue weighted by atomic mass is 32.2. The molecule has 8 nitrogen and oxygen atoms in total. The van der Waals surface area contributed by atoms with Crippen molar-refractivity contribution in [1.82, 2.24) is 10.2 Å². The van der Waals surface area contributed by atoms with Crippen LogP contribution in [0.25, 0.3) is 0 Å². The lowest BCUT2D eigenvalue weighted by molar-refractivity contribution is 0.0383. The third-order valence-corrected chi connectivity index (χ3v) is 4.48. The van der Waals surface area contributed by atoms with Crippen LogP contribution in [0, 0.1) is 0 Å². The van der Waals surface area contributed by atoms with Gasteiger partial charge in [0, 0.05) is 31.7 Å². The maximum atomic E-state index is 12.1. The number of hydrogen-bond donors (Lipinski definition) is 2. The van der Waals surface area contributed by atoms with E-state index in [0.717, 1.165) is 13.1 Å². The second-order valence-electron chi connectivity index (χ2n) is 5.12. The van der Waals surface area contributed by atoms with Gasteiger partial charge in [-0.3, -0.25) is 9.69 Å². The first-order valence-corrected chi connectivity index (χ1v) is 8.75. The number of methoxy groups -OCH3 is 1. The molecule has 0 radical (unpaired) electrons. The first kappa shape index (κ1) is 17.7. The molecule has 3 N–H and O–H groups in total. The van der Waals surface area contributed by atoms with Gasteiger partial charge < -0.3 is 14.8 Å². The molecule has 0 aromatic heterocycles. The number of carbonyl (C=O) groups is 1. The van der Waals surface area contributed by atoms with Gasteiger partial charge in [-0.05, 0) is 18.2 Å². The number of benzene rings is 1.